The van der Waals surface area contributed by atoms with E-state index in [1.165, 1.54) is 13.3 Å². The van der Waals surface area contributed by atoms with Gasteiger partial charge in [0, 0.05) is 11.2 Å². The van der Waals surface area contributed by atoms with Crippen LogP contribution in [-0.2, 0) is 32.7 Å². The smallest absolute Gasteiger partial charge is 0.406 e. The number of hydrogen-bond acceptors (Lipinski definition) is 14. The Kier molecular flexibility index (Phi) is 12.0. The molecule has 2 unspecified atom stereocenters. The van der Waals surface area contributed by atoms with Crippen LogP contribution in [0.3, 0.4) is 0 Å². The number of aromatic nitrogens is 4. The normalized spacial score (nSPS) is 24.4. The maximum atomic E-state index is 15.8. The molecule has 19 heteroatoms. The van der Waals surface area contributed by atoms with Crippen molar-refractivity contribution in [3.8, 4) is 5.88 Å². The molecule has 44 heavy (non-hydrogen) atoms. The zero-order chi connectivity index (χ0) is 33.0. The lowest BCUT2D eigenvalue weighted by Gasteiger charge is -2.25. The van der Waals surface area contributed by atoms with E-state index in [2.05, 4.69) is 20.0 Å². The second-order valence-electron chi connectivity index (χ2n) is 11.1. The number of rotatable bonds is 14. The van der Waals surface area contributed by atoms with Crippen LogP contribution in [0.25, 0.3) is 11.2 Å². The van der Waals surface area contributed by atoms with E-state index in [0.717, 1.165) is 16.3 Å². The lowest BCUT2D eigenvalue weighted by Crippen LogP contribution is -2.39. The number of esters is 1. The Labute approximate surface area is 263 Å². The van der Waals surface area contributed by atoms with Crippen LogP contribution in [0.1, 0.15) is 54.7 Å². The van der Waals surface area contributed by atoms with Crippen molar-refractivity contribution in [1.82, 2.24) is 24.6 Å². The summed E-state index contributed by atoms with van der Waals surface area (Å²) >= 11 is 7.12. The number of hydrogen-bond donors (Lipinski definition) is 3. The first-order valence-electron chi connectivity index (χ1n) is 13.8. The van der Waals surface area contributed by atoms with Gasteiger partial charge in [-0.25, -0.2) is 19.0 Å². The number of ether oxygens (including phenoxy) is 3. The summed E-state index contributed by atoms with van der Waals surface area (Å²) in [4.78, 5) is 36.9. The number of anilines is 1. The molecule has 0 saturated carbocycles. The van der Waals surface area contributed by atoms with E-state index in [-0.39, 0.29) is 47.1 Å². The Hall–Kier alpha value is -2.11. The molecule has 3 heterocycles. The number of nitrogens with two attached hydrogens (primary N) is 1. The molecule has 1 fully saturated rings. The molecule has 15 nitrogen and oxygen atoms in total. The number of alkyl halides is 2. The van der Waals surface area contributed by atoms with Gasteiger partial charge < -0.3 is 25.1 Å². The summed E-state index contributed by atoms with van der Waals surface area (Å²) in [7, 11) is -4.34. The molecule has 2 aromatic rings. The zero-order valence-electron chi connectivity index (χ0n) is 25.5. The number of aliphatic hydroxyl groups excluding tert-OH is 1. The minimum atomic E-state index is -4.34. The molecule has 0 bridgehead atoms. The van der Waals surface area contributed by atoms with Crippen molar-refractivity contribution < 1.29 is 46.9 Å². The topological polar surface area (TPSA) is 199 Å². The van der Waals surface area contributed by atoms with Crippen molar-refractivity contribution in [1.29, 1.82) is 0 Å². The molecule has 3 rings (SSSR count). The van der Waals surface area contributed by atoms with Gasteiger partial charge in [-0.3, -0.25) is 23.2 Å². The van der Waals surface area contributed by atoms with Crippen LogP contribution in [0, 0.1) is 5.41 Å². The minimum Gasteiger partial charge on any atom is -0.476 e. The Morgan fingerprint density at radius 3 is 2.61 bits per heavy atom. The molecule has 0 amide bonds. The van der Waals surface area contributed by atoms with Crippen LogP contribution < -0.4 is 15.6 Å². The number of carbonyl (C=O) groups is 2. The van der Waals surface area contributed by atoms with Crippen LogP contribution in [0.15, 0.2) is 6.33 Å². The number of halogens is 2. The van der Waals surface area contributed by atoms with Crippen molar-refractivity contribution in [2.24, 2.45) is 5.41 Å². The van der Waals surface area contributed by atoms with Gasteiger partial charge in [-0.2, -0.15) is 9.97 Å². The molecule has 4 N–H and O–H groups in total. The Bertz CT molecular complexity index is 1380. The lowest BCUT2D eigenvalue weighted by molar-refractivity contribution is -0.149. The average molecular weight is 685 g/mol. The van der Waals surface area contributed by atoms with Crippen molar-refractivity contribution >= 4 is 59.3 Å². The highest BCUT2D eigenvalue weighted by Gasteiger charge is 2.58. The van der Waals surface area contributed by atoms with E-state index >= 15 is 4.39 Å². The fraction of sp³-hybridized carbons (Fsp3) is 0.720. The van der Waals surface area contributed by atoms with Gasteiger partial charge in [0.05, 0.1) is 32.3 Å². The second-order valence-corrected chi connectivity index (χ2v) is 14.6. The summed E-state index contributed by atoms with van der Waals surface area (Å²) in [6.45, 7) is 11.0. The lowest BCUT2D eigenvalue weighted by atomic mass is 10.00. The summed E-state index contributed by atoms with van der Waals surface area (Å²) in [5.74, 6) is -0.733. The predicted octanol–water partition coefficient (Wildman–Crippen LogP) is 3.35. The second kappa shape index (κ2) is 14.5. The van der Waals surface area contributed by atoms with Gasteiger partial charge in [-0.15, -0.1) is 0 Å². The van der Waals surface area contributed by atoms with Crippen LogP contribution in [0.5, 0.6) is 5.88 Å². The number of nitrogens with zero attached hydrogens (tertiary/aromatic N) is 4. The molecule has 0 aromatic carbocycles. The van der Waals surface area contributed by atoms with Crippen molar-refractivity contribution in [2.45, 2.75) is 84.2 Å². The van der Waals surface area contributed by atoms with Crippen molar-refractivity contribution in [2.75, 3.05) is 31.3 Å². The molecule has 0 aliphatic carbocycles. The van der Waals surface area contributed by atoms with Gasteiger partial charge in [-0.05, 0) is 27.7 Å². The number of carbonyl (C=O) groups excluding carboxylic acids is 2. The Morgan fingerprint density at radius 1 is 1.32 bits per heavy atom. The van der Waals surface area contributed by atoms with Gasteiger partial charge in [0.2, 0.25) is 11.8 Å². The molecule has 6 atom stereocenters. The maximum Gasteiger partial charge on any atom is 0.406 e. The van der Waals surface area contributed by atoms with Crippen molar-refractivity contribution in [3.63, 3.8) is 0 Å². The zero-order valence-corrected chi connectivity index (χ0v) is 28.0. The first-order chi connectivity index (χ1) is 20.4. The van der Waals surface area contributed by atoms with E-state index in [9.17, 15) is 19.3 Å². The number of nitrogens with one attached hydrogen (secondary N) is 1. The summed E-state index contributed by atoms with van der Waals surface area (Å²) in [6.07, 6.45) is -4.42. The average Bonchev–Trinajstić information content (AvgIpc) is 3.42. The third-order valence-electron chi connectivity index (χ3n) is 5.98. The van der Waals surface area contributed by atoms with Crippen LogP contribution in [-0.4, -0.2) is 90.8 Å². The first-order valence-corrected chi connectivity index (χ1v) is 16.7. The summed E-state index contributed by atoms with van der Waals surface area (Å²) in [5.41, 5.74) is 5.36. The summed E-state index contributed by atoms with van der Waals surface area (Å²) in [6, 6.07) is -1.15. The Morgan fingerprint density at radius 2 is 2.00 bits per heavy atom. The van der Waals surface area contributed by atoms with E-state index < -0.39 is 61.4 Å². The van der Waals surface area contributed by atoms with Gasteiger partial charge >= 0.3 is 13.7 Å². The van der Waals surface area contributed by atoms with Crippen molar-refractivity contribution in [3.05, 3.63) is 6.33 Å². The van der Waals surface area contributed by atoms with Crippen LogP contribution in [0.4, 0.5) is 10.3 Å². The van der Waals surface area contributed by atoms with Gasteiger partial charge in [0.15, 0.2) is 22.5 Å². The third-order valence-corrected chi connectivity index (χ3v) is 9.35. The Balaban J connectivity index is 1.78. The highest BCUT2D eigenvalue weighted by Crippen LogP contribution is 2.49. The minimum absolute atomic E-state index is 0.0258. The molecule has 0 radical (unpaired) electrons. The predicted molar refractivity (Wildman–Crippen MR) is 161 cm³/mol. The molecule has 1 saturated heterocycles. The maximum absolute atomic E-state index is 15.8. The number of thioether (sulfide) groups is 1. The highest BCUT2D eigenvalue weighted by atomic mass is 35.5. The molecule has 1 aliphatic rings. The number of nitrogen functional groups attached to an aromatic ring is 1. The first kappa shape index (κ1) is 36.4. The van der Waals surface area contributed by atoms with E-state index in [1.54, 1.807) is 41.5 Å². The third kappa shape index (κ3) is 8.78. The fourth-order valence-electron chi connectivity index (χ4n) is 3.84. The summed E-state index contributed by atoms with van der Waals surface area (Å²) < 4.78 is 58.0. The number of fused-ring (bicyclic) bond motifs is 1. The van der Waals surface area contributed by atoms with E-state index in [0.29, 0.717) is 0 Å². The molecule has 2 aromatic heterocycles. The molecule has 248 valence electrons. The van der Waals surface area contributed by atoms with Gasteiger partial charge in [0.25, 0.3) is 5.13 Å². The van der Waals surface area contributed by atoms with E-state index in [1.807, 2.05) is 0 Å². The van der Waals surface area contributed by atoms with Gasteiger partial charge in [0.1, 0.15) is 18.2 Å². The largest absolute Gasteiger partial charge is 0.476 e. The standard InChI is InChI=1S/C25H39ClFN6O9PS/c1-8-38-19-16-18(30-23(28)31-19)33(12-29-16)21-25(26,27)17(34)15(42-21)11-40-43(37,32-14(4)20(35)41-13(2)3)39-9-10-44-22(36)24(5,6)7/h12-15,17,21,34H,8-11H2,1-7H3,(H,32,37)(H2,28,30,31)/t14?,15-,17-,21-,25-,43?/m1/s1. The monoisotopic (exact) mass is 684 g/mol. The molecular formula is C25H39ClFN6O9PS. The SMILES string of the molecule is CCOc1nc(N)nc2c1ncn2[C@@H]1O[C@H](COP(=O)(NC(C)C(=O)OC(C)C)OCCSC(=O)C(C)(C)C)[C@@H](O)[C@]1(F)Cl. The highest BCUT2D eigenvalue weighted by molar-refractivity contribution is 8.13. The fourth-order valence-corrected chi connectivity index (χ4v) is 6.52. The summed E-state index contributed by atoms with van der Waals surface area (Å²) in [5, 5.41) is 10.2. The van der Waals surface area contributed by atoms with Gasteiger partial charge in [-0.1, -0.05) is 44.1 Å². The molecule has 1 aliphatic heterocycles. The quantitative estimate of drug-likeness (QED) is 0.113. The molecule has 0 spiro atoms. The number of aliphatic hydroxyl groups is 1. The molecular weight excluding hydrogens is 646 g/mol. The van der Waals surface area contributed by atoms with Crippen LogP contribution in [0.2, 0.25) is 0 Å². The van der Waals surface area contributed by atoms with Crippen LogP contribution >= 0.6 is 31.1 Å². The number of imidazole rings is 1. The van der Waals surface area contributed by atoms with E-state index in [4.69, 9.17) is 40.6 Å².